The molecule has 1 atom stereocenters. The summed E-state index contributed by atoms with van der Waals surface area (Å²) in [6.45, 7) is 1.56. The fraction of sp³-hybridized carbons (Fsp3) is 0.750. The summed E-state index contributed by atoms with van der Waals surface area (Å²) < 4.78 is 11.8. The van der Waals surface area contributed by atoms with Crippen molar-refractivity contribution in [2.24, 2.45) is 5.73 Å². The van der Waals surface area contributed by atoms with Crippen LogP contribution in [0.2, 0.25) is 0 Å². The molecule has 0 aromatic rings. The van der Waals surface area contributed by atoms with E-state index in [1.807, 2.05) is 0 Å². The lowest BCUT2D eigenvalue weighted by Crippen LogP contribution is -2.23. The van der Waals surface area contributed by atoms with Crippen LogP contribution in [0, 0.1) is 0 Å². The highest BCUT2D eigenvalue weighted by Crippen LogP contribution is 1.92. The predicted octanol–water partition coefficient (Wildman–Crippen LogP) is 0.220. The molecule has 1 amide bonds. The molecule has 2 nitrogen and oxygen atoms in total. The van der Waals surface area contributed by atoms with Gasteiger partial charge in [-0.1, -0.05) is 6.92 Å². The van der Waals surface area contributed by atoms with Gasteiger partial charge in [0.25, 0.3) is 5.91 Å². The number of alkyl halides is 1. The Bertz CT molecular complexity index is 74.1. The van der Waals surface area contributed by atoms with Gasteiger partial charge in [-0.3, -0.25) is 4.79 Å². The summed E-state index contributed by atoms with van der Waals surface area (Å²) in [7, 11) is 0. The number of rotatable bonds is 2. The van der Waals surface area contributed by atoms with Gasteiger partial charge < -0.3 is 5.73 Å². The summed E-state index contributed by atoms with van der Waals surface area (Å²) in [5.41, 5.74) is 4.53. The maximum absolute atomic E-state index is 11.8. The molecular formula is C4H8FNO. The Morgan fingerprint density at radius 2 is 2.43 bits per heavy atom. The minimum Gasteiger partial charge on any atom is -0.367 e. The van der Waals surface area contributed by atoms with Crippen molar-refractivity contribution in [2.75, 3.05) is 0 Å². The fourth-order valence-electron chi connectivity index (χ4n) is 0.201. The van der Waals surface area contributed by atoms with E-state index in [2.05, 4.69) is 5.73 Å². The Morgan fingerprint density at radius 1 is 2.00 bits per heavy atom. The van der Waals surface area contributed by atoms with Crippen LogP contribution in [-0.4, -0.2) is 12.1 Å². The average Bonchev–Trinajstić information content (AvgIpc) is 1.65. The quantitative estimate of drug-likeness (QED) is 0.536. The van der Waals surface area contributed by atoms with E-state index >= 15 is 0 Å². The van der Waals surface area contributed by atoms with Crippen LogP contribution in [0.1, 0.15) is 13.3 Å². The van der Waals surface area contributed by atoms with Crippen molar-refractivity contribution >= 4 is 5.91 Å². The zero-order valence-electron chi connectivity index (χ0n) is 4.15. The monoisotopic (exact) mass is 105 g/mol. The molecule has 42 valence electrons. The lowest BCUT2D eigenvalue weighted by molar-refractivity contribution is -0.122. The molecular weight excluding hydrogens is 97.0 g/mol. The van der Waals surface area contributed by atoms with E-state index in [4.69, 9.17) is 0 Å². The molecule has 0 aromatic heterocycles. The molecule has 2 N–H and O–H groups in total. The van der Waals surface area contributed by atoms with Crippen molar-refractivity contribution in [1.82, 2.24) is 0 Å². The highest BCUT2D eigenvalue weighted by atomic mass is 19.1. The van der Waals surface area contributed by atoms with Crippen LogP contribution in [0.5, 0.6) is 0 Å². The maximum atomic E-state index is 11.8. The summed E-state index contributed by atoms with van der Waals surface area (Å²) >= 11 is 0. The Kier molecular flexibility index (Phi) is 2.33. The normalized spacial score (nSPS) is 13.4. The minimum atomic E-state index is -1.46. The molecule has 7 heavy (non-hydrogen) atoms. The van der Waals surface area contributed by atoms with E-state index in [1.54, 1.807) is 6.92 Å². The predicted molar refractivity (Wildman–Crippen MR) is 24.4 cm³/mol. The Labute approximate surface area is 41.5 Å². The average molecular weight is 105 g/mol. The molecule has 0 bridgehead atoms. The Balaban J connectivity index is 3.34. The largest absolute Gasteiger partial charge is 0.367 e. The third-order valence-electron chi connectivity index (χ3n) is 0.667. The molecule has 0 radical (unpaired) electrons. The third-order valence-corrected chi connectivity index (χ3v) is 0.667. The third kappa shape index (κ3) is 2.14. The van der Waals surface area contributed by atoms with Crippen molar-refractivity contribution in [2.45, 2.75) is 19.5 Å². The molecule has 0 fully saturated rings. The number of amides is 1. The second kappa shape index (κ2) is 2.55. The molecule has 0 saturated carbocycles. The van der Waals surface area contributed by atoms with Crippen LogP contribution in [-0.2, 0) is 4.79 Å². The number of nitrogens with two attached hydrogens (primary N) is 1. The number of carbonyl (C=O) groups excluding carboxylic acids is 1. The summed E-state index contributed by atoms with van der Waals surface area (Å²) in [4.78, 5) is 9.78. The molecule has 0 spiro atoms. The van der Waals surface area contributed by atoms with Gasteiger partial charge in [0.15, 0.2) is 6.17 Å². The van der Waals surface area contributed by atoms with Crippen molar-refractivity contribution < 1.29 is 9.18 Å². The van der Waals surface area contributed by atoms with E-state index in [9.17, 15) is 9.18 Å². The van der Waals surface area contributed by atoms with Crippen LogP contribution >= 0.6 is 0 Å². The van der Waals surface area contributed by atoms with E-state index in [1.165, 1.54) is 0 Å². The first-order chi connectivity index (χ1) is 3.18. The lowest BCUT2D eigenvalue weighted by atomic mass is 10.3. The van der Waals surface area contributed by atoms with E-state index in [-0.39, 0.29) is 6.42 Å². The van der Waals surface area contributed by atoms with E-state index < -0.39 is 12.1 Å². The first kappa shape index (κ1) is 6.40. The highest BCUT2D eigenvalue weighted by Gasteiger charge is 2.07. The van der Waals surface area contributed by atoms with Gasteiger partial charge in [-0.15, -0.1) is 0 Å². The summed E-state index contributed by atoms with van der Waals surface area (Å²) in [5.74, 6) is -0.873. The van der Waals surface area contributed by atoms with Gasteiger partial charge >= 0.3 is 0 Å². The van der Waals surface area contributed by atoms with Gasteiger partial charge in [-0.25, -0.2) is 4.39 Å². The molecule has 0 saturated heterocycles. The first-order valence-corrected chi connectivity index (χ1v) is 2.12. The van der Waals surface area contributed by atoms with Crippen LogP contribution in [0.15, 0.2) is 0 Å². The molecule has 3 heteroatoms. The SMILES string of the molecule is CCC(F)C(N)=O. The molecule has 0 heterocycles. The summed E-state index contributed by atoms with van der Waals surface area (Å²) in [6, 6.07) is 0. The number of carbonyl (C=O) groups is 1. The number of halogens is 1. The van der Waals surface area contributed by atoms with Gasteiger partial charge in [0, 0.05) is 0 Å². The highest BCUT2D eigenvalue weighted by molar-refractivity contribution is 5.78. The Morgan fingerprint density at radius 3 is 2.43 bits per heavy atom. The standard InChI is InChI=1S/C4H8FNO/c1-2-3(5)4(6)7/h3H,2H2,1H3,(H2,6,7). The molecule has 0 aromatic carbocycles. The molecule has 0 aliphatic heterocycles. The molecule has 0 rings (SSSR count). The van der Waals surface area contributed by atoms with Crippen molar-refractivity contribution in [3.8, 4) is 0 Å². The topological polar surface area (TPSA) is 43.1 Å². The second-order valence-electron chi connectivity index (χ2n) is 1.28. The second-order valence-corrected chi connectivity index (χ2v) is 1.28. The van der Waals surface area contributed by atoms with Crippen LogP contribution < -0.4 is 5.73 Å². The van der Waals surface area contributed by atoms with Crippen molar-refractivity contribution in [1.29, 1.82) is 0 Å². The smallest absolute Gasteiger partial charge is 0.251 e. The van der Waals surface area contributed by atoms with Crippen LogP contribution in [0.25, 0.3) is 0 Å². The van der Waals surface area contributed by atoms with Crippen LogP contribution in [0.4, 0.5) is 4.39 Å². The van der Waals surface area contributed by atoms with Crippen molar-refractivity contribution in [3.05, 3.63) is 0 Å². The minimum absolute atomic E-state index is 0.176. The number of primary amides is 1. The molecule has 0 aliphatic rings. The zero-order chi connectivity index (χ0) is 5.86. The van der Waals surface area contributed by atoms with E-state index in [0.717, 1.165) is 0 Å². The first-order valence-electron chi connectivity index (χ1n) is 2.12. The summed E-state index contributed by atoms with van der Waals surface area (Å²) in [5, 5.41) is 0. The zero-order valence-corrected chi connectivity index (χ0v) is 4.15. The van der Waals surface area contributed by atoms with Crippen LogP contribution in [0.3, 0.4) is 0 Å². The summed E-state index contributed by atoms with van der Waals surface area (Å²) in [6.07, 6.45) is -1.28. The molecule has 0 aliphatic carbocycles. The van der Waals surface area contributed by atoms with Crippen molar-refractivity contribution in [3.63, 3.8) is 0 Å². The fourth-order valence-corrected chi connectivity index (χ4v) is 0.201. The van der Waals surface area contributed by atoms with Gasteiger partial charge in [-0.05, 0) is 6.42 Å². The molecule has 1 unspecified atom stereocenters. The Hall–Kier alpha value is -0.600. The van der Waals surface area contributed by atoms with E-state index in [0.29, 0.717) is 0 Å². The maximum Gasteiger partial charge on any atom is 0.251 e. The van der Waals surface area contributed by atoms with Gasteiger partial charge in [0.2, 0.25) is 0 Å². The number of hydrogen-bond acceptors (Lipinski definition) is 1. The number of hydrogen-bond donors (Lipinski definition) is 1. The van der Waals surface area contributed by atoms with Gasteiger partial charge in [0.05, 0.1) is 0 Å². The lowest BCUT2D eigenvalue weighted by Gasteiger charge is -1.93. The van der Waals surface area contributed by atoms with Gasteiger partial charge in [0.1, 0.15) is 0 Å². The van der Waals surface area contributed by atoms with Gasteiger partial charge in [-0.2, -0.15) is 0 Å².